The molecule has 0 aliphatic rings. The molecule has 0 fully saturated rings. The number of phenols is 1. The maximum Gasteiger partial charge on any atom is 0.161 e. The highest BCUT2D eigenvalue weighted by atomic mass is 35.5. The first kappa shape index (κ1) is 9.71. The van der Waals surface area contributed by atoms with Crippen LogP contribution in [-0.2, 0) is 0 Å². The largest absolute Gasteiger partial charge is 0.504 e. The highest BCUT2D eigenvalue weighted by Gasteiger charge is 2.01. The molecule has 0 heterocycles. The van der Waals surface area contributed by atoms with Gasteiger partial charge in [0.2, 0.25) is 0 Å². The Hall–Kier alpha value is -1.29. The van der Waals surface area contributed by atoms with Crippen LogP contribution in [0.5, 0.6) is 5.75 Å². The van der Waals surface area contributed by atoms with Gasteiger partial charge < -0.3 is 22.3 Å². The summed E-state index contributed by atoms with van der Waals surface area (Å²) in [5, 5.41) is 9.03. The molecule has 0 saturated carbocycles. The van der Waals surface area contributed by atoms with Gasteiger partial charge in [0, 0.05) is 5.69 Å². The van der Waals surface area contributed by atoms with E-state index in [0.29, 0.717) is 5.69 Å². The number of rotatable bonds is 0. The van der Waals surface area contributed by atoms with Gasteiger partial charge in [-0.3, -0.25) is 0 Å². The molecule has 62 valence electrons. The summed E-state index contributed by atoms with van der Waals surface area (Å²) in [6, 6.07) is 2.90. The summed E-state index contributed by atoms with van der Waals surface area (Å²) in [4.78, 5) is 0. The van der Waals surface area contributed by atoms with Crippen LogP contribution in [0.25, 0.3) is 0 Å². The van der Waals surface area contributed by atoms with Crippen molar-refractivity contribution >= 4 is 29.5 Å². The van der Waals surface area contributed by atoms with Gasteiger partial charge in [-0.15, -0.1) is 12.4 Å². The molecule has 0 unspecified atom stereocenters. The number of hydrogen-bond donors (Lipinski definition) is 4. The first-order valence-electron chi connectivity index (χ1n) is 2.74. The van der Waals surface area contributed by atoms with Gasteiger partial charge >= 0.3 is 0 Å². The molecular formula is C6H10ClN3O. The molecule has 4 nitrogen and oxygen atoms in total. The van der Waals surface area contributed by atoms with Gasteiger partial charge in [0.25, 0.3) is 0 Å². The van der Waals surface area contributed by atoms with E-state index in [1.807, 2.05) is 0 Å². The molecule has 5 heteroatoms. The Morgan fingerprint density at radius 3 is 1.73 bits per heavy atom. The lowest BCUT2D eigenvalue weighted by molar-refractivity contribution is 0.480. The second kappa shape index (κ2) is 3.21. The van der Waals surface area contributed by atoms with Crippen LogP contribution in [0.3, 0.4) is 0 Å². The van der Waals surface area contributed by atoms with Crippen molar-refractivity contribution in [3.63, 3.8) is 0 Å². The molecule has 0 atom stereocenters. The van der Waals surface area contributed by atoms with Gasteiger partial charge in [0.15, 0.2) is 5.75 Å². The topological polar surface area (TPSA) is 98.3 Å². The standard InChI is InChI=1S/C6H9N3O.ClH/c7-3-1-4(8)6(10)5(9)2-3;/h1-2,10H,7-9H2;1H. The van der Waals surface area contributed by atoms with Crippen LogP contribution < -0.4 is 17.2 Å². The van der Waals surface area contributed by atoms with Crippen molar-refractivity contribution in [2.45, 2.75) is 0 Å². The third-order valence-electron chi connectivity index (χ3n) is 1.19. The van der Waals surface area contributed by atoms with E-state index >= 15 is 0 Å². The third-order valence-corrected chi connectivity index (χ3v) is 1.19. The molecule has 0 aliphatic heterocycles. The minimum atomic E-state index is -0.103. The fraction of sp³-hybridized carbons (Fsp3) is 0. The number of halogens is 1. The van der Waals surface area contributed by atoms with Crippen molar-refractivity contribution in [1.82, 2.24) is 0 Å². The average Bonchev–Trinajstić information content (AvgIpc) is 1.82. The van der Waals surface area contributed by atoms with Crippen molar-refractivity contribution < 1.29 is 5.11 Å². The Bertz CT molecular complexity index is 241. The van der Waals surface area contributed by atoms with E-state index in [2.05, 4.69) is 0 Å². The molecule has 0 radical (unpaired) electrons. The summed E-state index contributed by atoms with van der Waals surface area (Å²) in [5.74, 6) is -0.103. The lowest BCUT2D eigenvalue weighted by atomic mass is 10.2. The quantitative estimate of drug-likeness (QED) is 0.263. The van der Waals surface area contributed by atoms with Gasteiger partial charge in [0.1, 0.15) is 0 Å². The van der Waals surface area contributed by atoms with Crippen LogP contribution in [0.2, 0.25) is 0 Å². The second-order valence-electron chi connectivity index (χ2n) is 2.05. The number of nitrogens with two attached hydrogens (primary N) is 3. The fourth-order valence-corrected chi connectivity index (χ4v) is 0.704. The van der Waals surface area contributed by atoms with Crippen LogP contribution in [0, 0.1) is 0 Å². The SMILES string of the molecule is Cl.Nc1cc(N)c(O)c(N)c1. The van der Waals surface area contributed by atoms with E-state index in [0.717, 1.165) is 0 Å². The van der Waals surface area contributed by atoms with E-state index < -0.39 is 0 Å². The normalized spacial score (nSPS) is 8.73. The van der Waals surface area contributed by atoms with Crippen molar-refractivity contribution in [3.8, 4) is 5.75 Å². The number of phenolic OH excluding ortho intramolecular Hbond substituents is 1. The summed E-state index contributed by atoms with van der Waals surface area (Å²) in [7, 11) is 0. The fourth-order valence-electron chi connectivity index (χ4n) is 0.704. The molecular weight excluding hydrogens is 166 g/mol. The van der Waals surface area contributed by atoms with Crippen molar-refractivity contribution in [2.75, 3.05) is 17.2 Å². The van der Waals surface area contributed by atoms with E-state index in [-0.39, 0.29) is 29.5 Å². The molecule has 0 bridgehead atoms. The molecule has 1 rings (SSSR count). The van der Waals surface area contributed by atoms with Crippen molar-refractivity contribution in [1.29, 1.82) is 0 Å². The molecule has 7 N–H and O–H groups in total. The van der Waals surface area contributed by atoms with Crippen LogP contribution in [0.4, 0.5) is 17.1 Å². The van der Waals surface area contributed by atoms with E-state index in [1.165, 1.54) is 12.1 Å². The second-order valence-corrected chi connectivity index (χ2v) is 2.05. The van der Waals surface area contributed by atoms with E-state index in [9.17, 15) is 0 Å². The monoisotopic (exact) mass is 175 g/mol. The Morgan fingerprint density at radius 1 is 1.00 bits per heavy atom. The van der Waals surface area contributed by atoms with E-state index in [1.54, 1.807) is 0 Å². The Kier molecular flexibility index (Phi) is 2.83. The molecule has 11 heavy (non-hydrogen) atoms. The van der Waals surface area contributed by atoms with Crippen LogP contribution in [-0.4, -0.2) is 5.11 Å². The minimum absolute atomic E-state index is 0. The summed E-state index contributed by atoms with van der Waals surface area (Å²) < 4.78 is 0. The maximum atomic E-state index is 9.03. The summed E-state index contributed by atoms with van der Waals surface area (Å²) >= 11 is 0. The lowest BCUT2D eigenvalue weighted by Gasteiger charge is -2.02. The molecule has 0 aromatic heterocycles. The molecule has 1 aromatic carbocycles. The van der Waals surface area contributed by atoms with Gasteiger partial charge in [-0.05, 0) is 12.1 Å². The van der Waals surface area contributed by atoms with Gasteiger partial charge in [-0.2, -0.15) is 0 Å². The predicted molar refractivity (Wildman–Crippen MR) is 48.6 cm³/mol. The number of hydrogen-bond acceptors (Lipinski definition) is 4. The highest BCUT2D eigenvalue weighted by molar-refractivity contribution is 5.85. The first-order chi connectivity index (χ1) is 4.61. The smallest absolute Gasteiger partial charge is 0.161 e. The van der Waals surface area contributed by atoms with Crippen molar-refractivity contribution in [3.05, 3.63) is 12.1 Å². The third kappa shape index (κ3) is 1.81. The molecule has 0 saturated heterocycles. The van der Waals surface area contributed by atoms with Crippen LogP contribution in [0.1, 0.15) is 0 Å². The zero-order chi connectivity index (χ0) is 7.72. The summed E-state index contributed by atoms with van der Waals surface area (Å²) in [6.07, 6.45) is 0. The Balaban J connectivity index is 0.000001000. The van der Waals surface area contributed by atoms with Crippen LogP contribution in [0.15, 0.2) is 12.1 Å². The van der Waals surface area contributed by atoms with Gasteiger partial charge in [-0.25, -0.2) is 0 Å². The van der Waals surface area contributed by atoms with Crippen LogP contribution >= 0.6 is 12.4 Å². The number of benzene rings is 1. The van der Waals surface area contributed by atoms with Gasteiger partial charge in [-0.1, -0.05) is 0 Å². The molecule has 0 spiro atoms. The van der Waals surface area contributed by atoms with Gasteiger partial charge in [0.05, 0.1) is 11.4 Å². The molecule has 0 amide bonds. The molecule has 0 aliphatic carbocycles. The summed E-state index contributed by atoms with van der Waals surface area (Å²) in [5.41, 5.74) is 16.8. The summed E-state index contributed by atoms with van der Waals surface area (Å²) in [6.45, 7) is 0. The zero-order valence-electron chi connectivity index (χ0n) is 5.74. The maximum absolute atomic E-state index is 9.03. The number of aromatic hydroxyl groups is 1. The predicted octanol–water partition coefficient (Wildman–Crippen LogP) is 0.561. The average molecular weight is 176 g/mol. The number of nitrogen functional groups attached to an aromatic ring is 3. The highest BCUT2D eigenvalue weighted by Crippen LogP contribution is 2.29. The number of anilines is 3. The Labute approximate surface area is 70.4 Å². The zero-order valence-corrected chi connectivity index (χ0v) is 6.56. The molecule has 1 aromatic rings. The minimum Gasteiger partial charge on any atom is -0.504 e. The first-order valence-corrected chi connectivity index (χ1v) is 2.74. The lowest BCUT2D eigenvalue weighted by Crippen LogP contribution is -1.94. The van der Waals surface area contributed by atoms with Crippen molar-refractivity contribution in [2.24, 2.45) is 0 Å². The van der Waals surface area contributed by atoms with E-state index in [4.69, 9.17) is 22.3 Å². The Morgan fingerprint density at radius 2 is 1.36 bits per heavy atom.